The fourth-order valence-electron chi connectivity index (χ4n) is 7.52. The van der Waals surface area contributed by atoms with Gasteiger partial charge in [-0.1, -0.05) is 65.7 Å². The van der Waals surface area contributed by atoms with E-state index in [1.807, 2.05) is 72.8 Å². The Kier molecular flexibility index (Phi) is 11.2. The molecule has 0 bridgehead atoms. The van der Waals surface area contributed by atoms with E-state index in [4.69, 9.17) is 54.2 Å². The molecule has 2 aromatic carbocycles. The minimum absolute atomic E-state index is 0.0813. The molecule has 0 saturated carbocycles. The molecule has 4 atom stereocenters. The number of carbonyl (C=O) groups excluding carboxylic acids is 2. The van der Waals surface area contributed by atoms with E-state index in [9.17, 15) is 9.59 Å². The zero-order chi connectivity index (χ0) is 37.1. The molecule has 3 aliphatic rings. The molecule has 276 valence electrons. The van der Waals surface area contributed by atoms with Crippen molar-refractivity contribution in [2.24, 2.45) is 0 Å². The van der Waals surface area contributed by atoms with E-state index >= 15 is 0 Å². The van der Waals surface area contributed by atoms with Crippen molar-refractivity contribution in [2.45, 2.75) is 61.6 Å². The van der Waals surface area contributed by atoms with E-state index in [0.29, 0.717) is 77.6 Å². The molecule has 1 aliphatic carbocycles. The van der Waals surface area contributed by atoms with E-state index in [2.05, 4.69) is 21.3 Å². The van der Waals surface area contributed by atoms with Crippen LogP contribution in [0.3, 0.4) is 0 Å². The summed E-state index contributed by atoms with van der Waals surface area (Å²) in [5.41, 5.74) is 4.10. The summed E-state index contributed by atoms with van der Waals surface area (Å²) in [4.78, 5) is 33.7. The SMILES string of the molecule is COc1nc(C2(c3ccc4c(OC)c(CNC[C@@H]5CCC(=O)N5)cc(Cl)c4n3)C=CC=C(c3ccccc3Cl)C2Cl)ccc1CNC[C@@H]1CCC(=O)N1. The van der Waals surface area contributed by atoms with Gasteiger partial charge in [0.2, 0.25) is 17.7 Å². The molecular weight excluding hydrogens is 735 g/mol. The number of allylic oxidation sites excluding steroid dienone is 4. The maximum absolute atomic E-state index is 11.7. The highest BCUT2D eigenvalue weighted by atomic mass is 35.5. The van der Waals surface area contributed by atoms with Gasteiger partial charge in [-0.3, -0.25) is 9.59 Å². The highest BCUT2D eigenvalue weighted by molar-refractivity contribution is 6.35. The summed E-state index contributed by atoms with van der Waals surface area (Å²) in [5.74, 6) is 1.27. The maximum Gasteiger partial charge on any atom is 0.220 e. The van der Waals surface area contributed by atoms with Crippen molar-refractivity contribution in [1.82, 2.24) is 31.2 Å². The van der Waals surface area contributed by atoms with Crippen molar-refractivity contribution in [3.05, 3.63) is 111 Å². The van der Waals surface area contributed by atoms with Crippen molar-refractivity contribution in [3.63, 3.8) is 0 Å². The van der Waals surface area contributed by atoms with Gasteiger partial charge in [-0.2, -0.15) is 0 Å². The second-order valence-corrected chi connectivity index (χ2v) is 14.8. The molecule has 2 saturated heterocycles. The summed E-state index contributed by atoms with van der Waals surface area (Å²) in [6.45, 7) is 2.27. The van der Waals surface area contributed by atoms with Crippen LogP contribution in [0.4, 0.5) is 0 Å². The quantitative estimate of drug-likeness (QED) is 0.118. The molecule has 2 amide bonds. The van der Waals surface area contributed by atoms with Crippen LogP contribution in [-0.2, 0) is 28.1 Å². The third-order valence-corrected chi connectivity index (χ3v) is 11.4. The molecule has 2 aliphatic heterocycles. The molecule has 2 fully saturated rings. The Morgan fingerprint density at radius 2 is 1.49 bits per heavy atom. The van der Waals surface area contributed by atoms with Crippen molar-refractivity contribution < 1.29 is 19.1 Å². The van der Waals surface area contributed by atoms with Crippen molar-refractivity contribution >= 4 is 63.1 Å². The molecule has 53 heavy (non-hydrogen) atoms. The Morgan fingerprint density at radius 1 is 0.830 bits per heavy atom. The summed E-state index contributed by atoms with van der Waals surface area (Å²) in [6.07, 6.45) is 8.67. The van der Waals surface area contributed by atoms with Gasteiger partial charge in [0.15, 0.2) is 0 Å². The first-order valence-corrected chi connectivity index (χ1v) is 18.9. The number of aromatic nitrogens is 2. The van der Waals surface area contributed by atoms with Gasteiger partial charge in [-0.15, -0.1) is 11.6 Å². The van der Waals surface area contributed by atoms with Gasteiger partial charge in [0.05, 0.1) is 46.9 Å². The Hall–Kier alpha value is -4.19. The Morgan fingerprint density at radius 3 is 2.13 bits per heavy atom. The number of hydrogen-bond donors (Lipinski definition) is 4. The standard InChI is InChI=1S/C40H41Cl3N6O4/c1-52-37-24(20-45-22-26-11-16-35(51)47-26)18-31(42)36-29(37)12-14-32(48-36)40(17-5-7-28(38(40)43)27-6-3-4-8-30(27)41)33-13-9-23(39(49-33)53-2)19-44-21-25-10-15-34(50)46-25/h3-9,12-14,17-18,25-26,38,44-45H,10-11,15-16,19-22H2,1-2H3,(H,46,50)(H,47,51)/t25-,26-,38?,40?/m0/s1. The number of carbonyl (C=O) groups is 2. The van der Waals surface area contributed by atoms with Gasteiger partial charge >= 0.3 is 0 Å². The summed E-state index contributed by atoms with van der Waals surface area (Å²) in [7, 11) is 3.23. The lowest BCUT2D eigenvalue weighted by molar-refractivity contribution is -0.120. The largest absolute Gasteiger partial charge is 0.496 e. The molecule has 4 N–H and O–H groups in total. The summed E-state index contributed by atoms with van der Waals surface area (Å²) in [5, 5.41) is 14.0. The summed E-state index contributed by atoms with van der Waals surface area (Å²) < 4.78 is 11.8. The van der Waals surface area contributed by atoms with E-state index in [-0.39, 0.29) is 23.9 Å². The smallest absolute Gasteiger partial charge is 0.220 e. The molecule has 0 radical (unpaired) electrons. The Balaban J connectivity index is 1.27. The number of halogens is 3. The number of hydrogen-bond acceptors (Lipinski definition) is 8. The van der Waals surface area contributed by atoms with Gasteiger partial charge in [0.1, 0.15) is 5.75 Å². The molecule has 13 heteroatoms. The van der Waals surface area contributed by atoms with Crippen LogP contribution in [0.5, 0.6) is 11.6 Å². The van der Waals surface area contributed by atoms with Gasteiger partial charge in [0, 0.05) is 72.6 Å². The molecular formula is C40H41Cl3N6O4. The first-order chi connectivity index (χ1) is 25.7. The first kappa shape index (κ1) is 37.1. The Bertz CT molecular complexity index is 2110. The second kappa shape index (κ2) is 16.0. The van der Waals surface area contributed by atoms with E-state index in [1.165, 1.54) is 0 Å². The number of fused-ring (bicyclic) bond motifs is 1. The van der Waals surface area contributed by atoms with Crippen molar-refractivity contribution in [2.75, 3.05) is 27.3 Å². The number of rotatable bonds is 13. The third-order valence-electron chi connectivity index (χ3n) is 10.2. The molecule has 7 rings (SSSR count). The number of amides is 2. The summed E-state index contributed by atoms with van der Waals surface area (Å²) in [6, 6.07) is 17.5. The maximum atomic E-state index is 11.7. The number of methoxy groups -OCH3 is 2. The lowest BCUT2D eigenvalue weighted by Crippen LogP contribution is -2.40. The predicted octanol–water partition coefficient (Wildman–Crippen LogP) is 6.24. The number of pyridine rings is 2. The van der Waals surface area contributed by atoms with Gasteiger partial charge in [0.25, 0.3) is 0 Å². The lowest BCUT2D eigenvalue weighted by Gasteiger charge is -2.38. The van der Waals surface area contributed by atoms with E-state index < -0.39 is 10.8 Å². The molecule has 2 aromatic heterocycles. The average Bonchev–Trinajstić information content (AvgIpc) is 3.79. The Labute approximate surface area is 323 Å². The van der Waals surface area contributed by atoms with Gasteiger partial charge in [-0.25, -0.2) is 9.97 Å². The molecule has 4 heterocycles. The van der Waals surface area contributed by atoms with Crippen LogP contribution in [-0.4, -0.2) is 66.6 Å². The average molecular weight is 776 g/mol. The summed E-state index contributed by atoms with van der Waals surface area (Å²) >= 11 is 21.4. The van der Waals surface area contributed by atoms with Crippen LogP contribution in [0.2, 0.25) is 10.0 Å². The zero-order valence-corrected chi connectivity index (χ0v) is 31.7. The van der Waals surface area contributed by atoms with Crippen LogP contribution in [0.1, 0.15) is 53.8 Å². The second-order valence-electron chi connectivity index (χ2n) is 13.6. The van der Waals surface area contributed by atoms with Crippen molar-refractivity contribution in [1.29, 1.82) is 0 Å². The van der Waals surface area contributed by atoms with Crippen LogP contribution in [0.15, 0.2) is 72.8 Å². The minimum Gasteiger partial charge on any atom is -0.496 e. The third kappa shape index (κ3) is 7.48. The first-order valence-electron chi connectivity index (χ1n) is 17.7. The highest BCUT2D eigenvalue weighted by Crippen LogP contribution is 2.49. The molecule has 4 aromatic rings. The molecule has 2 unspecified atom stereocenters. The number of alkyl halides is 1. The number of ether oxygens (including phenoxy) is 2. The van der Waals surface area contributed by atoms with E-state index in [0.717, 1.165) is 40.5 Å². The zero-order valence-electron chi connectivity index (χ0n) is 29.5. The minimum atomic E-state index is -1.07. The topological polar surface area (TPSA) is 126 Å². The molecule has 0 spiro atoms. The van der Waals surface area contributed by atoms with Gasteiger partial charge < -0.3 is 30.7 Å². The van der Waals surface area contributed by atoms with E-state index in [1.54, 1.807) is 14.2 Å². The monoisotopic (exact) mass is 774 g/mol. The number of benzene rings is 2. The molecule has 10 nitrogen and oxygen atoms in total. The van der Waals surface area contributed by atoms with Crippen LogP contribution < -0.4 is 30.7 Å². The van der Waals surface area contributed by atoms with Crippen LogP contribution in [0.25, 0.3) is 16.5 Å². The number of nitrogens with one attached hydrogen (secondary N) is 4. The lowest BCUT2D eigenvalue weighted by atomic mass is 9.70. The van der Waals surface area contributed by atoms with Gasteiger partial charge in [-0.05, 0) is 54.3 Å². The fourth-order valence-corrected chi connectivity index (χ4v) is 8.53. The van der Waals surface area contributed by atoms with Crippen LogP contribution in [0, 0.1) is 0 Å². The highest BCUT2D eigenvalue weighted by Gasteiger charge is 2.46. The fraction of sp³-hybridized carbons (Fsp3) is 0.350. The number of nitrogens with zero attached hydrogens (tertiary/aromatic N) is 2. The van der Waals surface area contributed by atoms with Crippen LogP contribution >= 0.6 is 34.8 Å². The normalized spacial score (nSPS) is 22.5. The predicted molar refractivity (Wildman–Crippen MR) is 209 cm³/mol. The van der Waals surface area contributed by atoms with Crippen molar-refractivity contribution in [3.8, 4) is 11.6 Å².